The standard InChI is InChI=1S/C23H23FN4/c1-14(2)23(3,19-13-26-21-18(19)5-4-6-20(21)24)17-9-7-15(8-10-17)16-11-27-22(25)28-12-16/h4-14,26H,1-3H3,(H2,25,27,28). The van der Waals surface area contributed by atoms with Gasteiger partial charge < -0.3 is 10.7 Å². The van der Waals surface area contributed by atoms with Gasteiger partial charge in [-0.25, -0.2) is 14.4 Å². The van der Waals surface area contributed by atoms with Gasteiger partial charge >= 0.3 is 0 Å². The number of nitrogens with one attached hydrogen (secondary N) is 1. The van der Waals surface area contributed by atoms with Crippen molar-refractivity contribution >= 4 is 16.9 Å². The molecule has 5 heteroatoms. The molecule has 0 bridgehead atoms. The molecule has 0 radical (unpaired) electrons. The van der Waals surface area contributed by atoms with Gasteiger partial charge in [0, 0.05) is 35.0 Å². The molecule has 0 amide bonds. The SMILES string of the molecule is CC(C)C(C)(c1ccc(-c2cnc(N)nc2)cc1)c1c[nH]c2c(F)cccc12. The van der Waals surface area contributed by atoms with Crippen LogP contribution in [0.3, 0.4) is 0 Å². The first-order valence-electron chi connectivity index (χ1n) is 9.35. The number of nitrogens with zero attached hydrogens (tertiary/aromatic N) is 2. The molecule has 0 aliphatic rings. The summed E-state index contributed by atoms with van der Waals surface area (Å²) in [7, 11) is 0. The van der Waals surface area contributed by atoms with E-state index in [1.165, 1.54) is 11.6 Å². The van der Waals surface area contributed by atoms with Crippen LogP contribution in [0.4, 0.5) is 10.3 Å². The Labute approximate surface area is 163 Å². The molecule has 0 aliphatic heterocycles. The van der Waals surface area contributed by atoms with Crippen molar-refractivity contribution in [2.75, 3.05) is 5.73 Å². The van der Waals surface area contributed by atoms with E-state index in [0.29, 0.717) is 11.4 Å². The molecule has 4 rings (SSSR count). The highest BCUT2D eigenvalue weighted by Crippen LogP contribution is 2.42. The molecule has 1 unspecified atom stereocenters. The van der Waals surface area contributed by atoms with Crippen molar-refractivity contribution < 1.29 is 4.39 Å². The van der Waals surface area contributed by atoms with Gasteiger partial charge in [0.1, 0.15) is 5.82 Å². The molecule has 0 saturated carbocycles. The number of nitrogen functional groups attached to an aromatic ring is 1. The van der Waals surface area contributed by atoms with Crippen LogP contribution in [0.1, 0.15) is 31.9 Å². The van der Waals surface area contributed by atoms with Crippen LogP contribution in [0.2, 0.25) is 0 Å². The molecule has 2 aromatic heterocycles. The van der Waals surface area contributed by atoms with Crippen molar-refractivity contribution in [2.24, 2.45) is 5.92 Å². The van der Waals surface area contributed by atoms with Crippen molar-refractivity contribution in [3.05, 3.63) is 78.0 Å². The number of hydrogen-bond donors (Lipinski definition) is 2. The molecular formula is C23H23FN4. The fourth-order valence-electron chi connectivity index (χ4n) is 3.84. The molecule has 28 heavy (non-hydrogen) atoms. The fourth-order valence-corrected chi connectivity index (χ4v) is 3.84. The van der Waals surface area contributed by atoms with Crippen LogP contribution in [0.25, 0.3) is 22.0 Å². The van der Waals surface area contributed by atoms with Gasteiger partial charge in [0.05, 0.1) is 5.52 Å². The molecule has 3 N–H and O–H groups in total. The van der Waals surface area contributed by atoms with E-state index < -0.39 is 0 Å². The van der Waals surface area contributed by atoms with E-state index in [2.05, 4.69) is 60.0 Å². The van der Waals surface area contributed by atoms with E-state index in [1.54, 1.807) is 18.5 Å². The Morgan fingerprint density at radius 2 is 1.68 bits per heavy atom. The monoisotopic (exact) mass is 374 g/mol. The van der Waals surface area contributed by atoms with Crippen molar-refractivity contribution in [1.82, 2.24) is 15.0 Å². The smallest absolute Gasteiger partial charge is 0.219 e. The number of halogens is 1. The molecule has 0 saturated heterocycles. The van der Waals surface area contributed by atoms with Gasteiger partial charge in [0.25, 0.3) is 0 Å². The van der Waals surface area contributed by atoms with Crippen LogP contribution in [0, 0.1) is 11.7 Å². The van der Waals surface area contributed by atoms with Crippen molar-refractivity contribution in [3.8, 4) is 11.1 Å². The number of rotatable bonds is 4. The summed E-state index contributed by atoms with van der Waals surface area (Å²) in [5, 5.41) is 0.923. The van der Waals surface area contributed by atoms with Gasteiger partial charge in [0.2, 0.25) is 5.95 Å². The van der Waals surface area contributed by atoms with Crippen molar-refractivity contribution in [1.29, 1.82) is 0 Å². The molecule has 1 atom stereocenters. The number of para-hydroxylation sites is 1. The first-order valence-corrected chi connectivity index (χ1v) is 9.35. The molecule has 142 valence electrons. The second-order valence-corrected chi connectivity index (χ2v) is 7.63. The van der Waals surface area contributed by atoms with E-state index in [0.717, 1.165) is 22.1 Å². The van der Waals surface area contributed by atoms with Crippen LogP contribution in [-0.4, -0.2) is 15.0 Å². The lowest BCUT2D eigenvalue weighted by molar-refractivity contribution is 0.408. The summed E-state index contributed by atoms with van der Waals surface area (Å²) in [6.07, 6.45) is 5.39. The minimum atomic E-state index is -0.276. The van der Waals surface area contributed by atoms with E-state index in [4.69, 9.17) is 5.73 Å². The molecule has 0 aliphatic carbocycles. The highest BCUT2D eigenvalue weighted by molar-refractivity contribution is 5.85. The Morgan fingerprint density at radius 1 is 1.00 bits per heavy atom. The zero-order valence-electron chi connectivity index (χ0n) is 16.2. The summed E-state index contributed by atoms with van der Waals surface area (Å²) in [6.45, 7) is 6.60. The molecular weight excluding hydrogens is 351 g/mol. The van der Waals surface area contributed by atoms with Crippen LogP contribution in [0.15, 0.2) is 61.1 Å². The number of fused-ring (bicyclic) bond motifs is 1. The van der Waals surface area contributed by atoms with Crippen LogP contribution >= 0.6 is 0 Å². The number of anilines is 1. The number of aromatic nitrogens is 3. The number of benzene rings is 2. The van der Waals surface area contributed by atoms with Gasteiger partial charge in [0.15, 0.2) is 0 Å². The second-order valence-electron chi connectivity index (χ2n) is 7.63. The Balaban J connectivity index is 1.81. The largest absolute Gasteiger partial charge is 0.368 e. The Morgan fingerprint density at radius 3 is 2.32 bits per heavy atom. The maximum Gasteiger partial charge on any atom is 0.219 e. The maximum absolute atomic E-state index is 14.2. The fraction of sp³-hybridized carbons (Fsp3) is 0.217. The molecule has 0 fully saturated rings. The van der Waals surface area contributed by atoms with Gasteiger partial charge in [-0.05, 0) is 28.7 Å². The van der Waals surface area contributed by atoms with Gasteiger partial charge in [-0.2, -0.15) is 0 Å². The first kappa shape index (κ1) is 18.2. The van der Waals surface area contributed by atoms with Crippen molar-refractivity contribution in [2.45, 2.75) is 26.2 Å². The number of hydrogen-bond acceptors (Lipinski definition) is 3. The van der Waals surface area contributed by atoms with Gasteiger partial charge in [-0.3, -0.25) is 0 Å². The second kappa shape index (κ2) is 6.75. The number of H-pyrrole nitrogens is 1. The molecule has 4 nitrogen and oxygen atoms in total. The normalized spacial score (nSPS) is 13.8. The lowest BCUT2D eigenvalue weighted by atomic mass is 9.68. The number of aromatic amines is 1. The minimum Gasteiger partial charge on any atom is -0.368 e. The average Bonchev–Trinajstić information content (AvgIpc) is 3.14. The van der Waals surface area contributed by atoms with Crippen LogP contribution < -0.4 is 5.73 Å². The van der Waals surface area contributed by atoms with E-state index in [9.17, 15) is 4.39 Å². The summed E-state index contributed by atoms with van der Waals surface area (Å²) in [5.41, 5.74) is 10.1. The van der Waals surface area contributed by atoms with E-state index >= 15 is 0 Å². The summed E-state index contributed by atoms with van der Waals surface area (Å²) in [4.78, 5) is 11.3. The topological polar surface area (TPSA) is 67.6 Å². The third-order valence-electron chi connectivity index (χ3n) is 5.87. The summed E-state index contributed by atoms with van der Waals surface area (Å²) in [6, 6.07) is 13.6. The van der Waals surface area contributed by atoms with E-state index in [-0.39, 0.29) is 17.2 Å². The zero-order valence-corrected chi connectivity index (χ0v) is 16.2. The molecule has 0 spiro atoms. The Hall–Kier alpha value is -3.21. The predicted octanol–water partition coefficient (Wildman–Crippen LogP) is 5.31. The number of nitrogens with two attached hydrogens (primary N) is 1. The van der Waals surface area contributed by atoms with E-state index in [1.807, 2.05) is 12.3 Å². The predicted molar refractivity (Wildman–Crippen MR) is 111 cm³/mol. The summed E-state index contributed by atoms with van der Waals surface area (Å²) in [5.74, 6) is 0.341. The van der Waals surface area contributed by atoms with Crippen LogP contribution in [0.5, 0.6) is 0 Å². The molecule has 2 aromatic carbocycles. The van der Waals surface area contributed by atoms with Crippen molar-refractivity contribution in [3.63, 3.8) is 0 Å². The van der Waals surface area contributed by atoms with Gasteiger partial charge in [-0.1, -0.05) is 57.2 Å². The maximum atomic E-state index is 14.2. The third kappa shape index (κ3) is 2.83. The molecule has 2 heterocycles. The Bertz CT molecular complexity index is 1110. The quantitative estimate of drug-likeness (QED) is 0.509. The van der Waals surface area contributed by atoms with Gasteiger partial charge in [-0.15, -0.1) is 0 Å². The minimum absolute atomic E-state index is 0.228. The third-order valence-corrected chi connectivity index (χ3v) is 5.87. The summed E-state index contributed by atoms with van der Waals surface area (Å²) < 4.78 is 14.2. The highest BCUT2D eigenvalue weighted by Gasteiger charge is 2.35. The summed E-state index contributed by atoms with van der Waals surface area (Å²) >= 11 is 0. The first-order chi connectivity index (χ1) is 13.4. The highest BCUT2D eigenvalue weighted by atomic mass is 19.1. The lowest BCUT2D eigenvalue weighted by Crippen LogP contribution is -2.29. The van der Waals surface area contributed by atoms with Crippen LogP contribution in [-0.2, 0) is 5.41 Å². The molecule has 4 aromatic rings. The Kier molecular flexibility index (Phi) is 4.38. The average molecular weight is 374 g/mol. The zero-order chi connectivity index (χ0) is 19.9. The lowest BCUT2D eigenvalue weighted by Gasteiger charge is -2.35.